The predicted molar refractivity (Wildman–Crippen MR) is 88.4 cm³/mol. The Kier molecular flexibility index (Phi) is 3.53. The summed E-state index contributed by atoms with van der Waals surface area (Å²) in [5, 5.41) is 3.74. The molecule has 1 N–H and O–H groups in total. The molecule has 1 aromatic carbocycles. The van der Waals surface area contributed by atoms with Crippen molar-refractivity contribution in [3.05, 3.63) is 18.2 Å². The van der Waals surface area contributed by atoms with Gasteiger partial charge in [-0.05, 0) is 56.2 Å². The highest BCUT2D eigenvalue weighted by Gasteiger charge is 2.43. The molecule has 2 aromatic rings. The summed E-state index contributed by atoms with van der Waals surface area (Å²) in [4.78, 5) is 17.0. The van der Waals surface area contributed by atoms with E-state index in [0.717, 1.165) is 28.3 Å². The van der Waals surface area contributed by atoms with Crippen molar-refractivity contribution in [1.82, 2.24) is 4.98 Å². The number of hydrogen-bond donors (Lipinski definition) is 1. The molecule has 3 atom stereocenters. The van der Waals surface area contributed by atoms with E-state index in [1.54, 1.807) is 0 Å². The first-order chi connectivity index (χ1) is 10.7. The number of ether oxygens (including phenoxy) is 1. The number of thiazole rings is 1. The van der Waals surface area contributed by atoms with Crippen molar-refractivity contribution < 1.29 is 9.53 Å². The SMILES string of the molecule is CCOc1ccc2nc(NC(=O)C3CC4CCC3C4)sc2c1. The minimum atomic E-state index is 0.163. The van der Waals surface area contributed by atoms with Crippen molar-refractivity contribution in [2.45, 2.75) is 32.6 Å². The van der Waals surface area contributed by atoms with Gasteiger partial charge in [-0.25, -0.2) is 4.98 Å². The van der Waals surface area contributed by atoms with Gasteiger partial charge >= 0.3 is 0 Å². The second-order valence-electron chi connectivity index (χ2n) is 6.35. The summed E-state index contributed by atoms with van der Waals surface area (Å²) in [6.45, 7) is 2.62. The Hall–Kier alpha value is -1.62. The van der Waals surface area contributed by atoms with Crippen LogP contribution in [0.15, 0.2) is 18.2 Å². The van der Waals surface area contributed by atoms with E-state index in [0.29, 0.717) is 17.7 Å². The lowest BCUT2D eigenvalue weighted by Gasteiger charge is -2.19. The molecule has 22 heavy (non-hydrogen) atoms. The van der Waals surface area contributed by atoms with Gasteiger partial charge in [-0.2, -0.15) is 0 Å². The Bertz CT molecular complexity index is 712. The number of fused-ring (bicyclic) bond motifs is 3. The fourth-order valence-electron chi connectivity index (χ4n) is 3.98. The Balaban J connectivity index is 1.50. The van der Waals surface area contributed by atoms with Gasteiger partial charge in [0, 0.05) is 5.92 Å². The van der Waals surface area contributed by atoms with Crippen molar-refractivity contribution >= 4 is 32.6 Å². The van der Waals surface area contributed by atoms with E-state index >= 15 is 0 Å². The largest absolute Gasteiger partial charge is 0.494 e. The van der Waals surface area contributed by atoms with E-state index in [2.05, 4.69) is 10.3 Å². The summed E-state index contributed by atoms with van der Waals surface area (Å²) in [7, 11) is 0. The van der Waals surface area contributed by atoms with E-state index in [1.165, 1.54) is 30.6 Å². The Morgan fingerprint density at radius 2 is 2.32 bits per heavy atom. The maximum absolute atomic E-state index is 12.5. The molecule has 2 fully saturated rings. The van der Waals surface area contributed by atoms with Gasteiger partial charge in [0.2, 0.25) is 5.91 Å². The number of amides is 1. The number of aromatic nitrogens is 1. The highest BCUT2D eigenvalue weighted by Crippen LogP contribution is 2.48. The molecule has 1 amide bonds. The third-order valence-corrected chi connectivity index (χ3v) is 5.91. The highest BCUT2D eigenvalue weighted by atomic mass is 32.1. The number of rotatable bonds is 4. The second-order valence-corrected chi connectivity index (χ2v) is 7.38. The fourth-order valence-corrected chi connectivity index (χ4v) is 4.88. The molecule has 2 saturated carbocycles. The first-order valence-electron chi connectivity index (χ1n) is 8.07. The van der Waals surface area contributed by atoms with Crippen LogP contribution in [0.2, 0.25) is 0 Å². The maximum Gasteiger partial charge on any atom is 0.229 e. The van der Waals surface area contributed by atoms with Crippen LogP contribution in [-0.4, -0.2) is 17.5 Å². The molecule has 5 heteroatoms. The number of nitrogens with zero attached hydrogens (tertiary/aromatic N) is 1. The predicted octanol–water partition coefficient (Wildman–Crippen LogP) is 4.07. The molecular weight excluding hydrogens is 296 g/mol. The first-order valence-corrected chi connectivity index (χ1v) is 8.89. The number of carbonyl (C=O) groups is 1. The summed E-state index contributed by atoms with van der Waals surface area (Å²) < 4.78 is 6.56. The van der Waals surface area contributed by atoms with Crippen LogP contribution in [0.25, 0.3) is 10.2 Å². The topological polar surface area (TPSA) is 51.2 Å². The molecule has 3 unspecified atom stereocenters. The molecule has 1 aromatic heterocycles. The molecule has 116 valence electrons. The Labute approximate surface area is 133 Å². The summed E-state index contributed by atoms with van der Waals surface area (Å²) in [6, 6.07) is 5.86. The van der Waals surface area contributed by atoms with Gasteiger partial charge < -0.3 is 10.1 Å². The number of hydrogen-bond acceptors (Lipinski definition) is 4. The van der Waals surface area contributed by atoms with Crippen LogP contribution in [0.4, 0.5) is 5.13 Å². The van der Waals surface area contributed by atoms with E-state index in [1.807, 2.05) is 25.1 Å². The molecule has 0 spiro atoms. The van der Waals surface area contributed by atoms with Crippen LogP contribution in [0.1, 0.15) is 32.6 Å². The molecule has 4 nitrogen and oxygen atoms in total. The number of anilines is 1. The maximum atomic E-state index is 12.5. The molecule has 1 heterocycles. The van der Waals surface area contributed by atoms with Gasteiger partial charge in [0.1, 0.15) is 5.75 Å². The van der Waals surface area contributed by atoms with E-state index < -0.39 is 0 Å². The molecule has 2 bridgehead atoms. The molecule has 4 rings (SSSR count). The third kappa shape index (κ3) is 2.47. The number of benzene rings is 1. The highest BCUT2D eigenvalue weighted by molar-refractivity contribution is 7.22. The molecule has 0 radical (unpaired) electrons. The molecule has 0 saturated heterocycles. The normalized spacial score (nSPS) is 26.5. The third-order valence-electron chi connectivity index (χ3n) is 4.98. The van der Waals surface area contributed by atoms with Gasteiger partial charge in [-0.3, -0.25) is 4.79 Å². The van der Waals surface area contributed by atoms with E-state index in [-0.39, 0.29) is 11.8 Å². The minimum Gasteiger partial charge on any atom is -0.494 e. The summed E-state index contributed by atoms with van der Waals surface area (Å²) in [5.74, 6) is 2.60. The van der Waals surface area contributed by atoms with Crippen LogP contribution in [0, 0.1) is 17.8 Å². The van der Waals surface area contributed by atoms with Crippen LogP contribution < -0.4 is 10.1 Å². The van der Waals surface area contributed by atoms with Gasteiger partial charge in [0.25, 0.3) is 0 Å². The summed E-state index contributed by atoms with van der Waals surface area (Å²) in [6.07, 6.45) is 4.85. The zero-order valence-corrected chi connectivity index (χ0v) is 13.5. The van der Waals surface area contributed by atoms with Crippen molar-refractivity contribution in [2.75, 3.05) is 11.9 Å². The first kappa shape index (κ1) is 14.0. The van der Waals surface area contributed by atoms with Crippen molar-refractivity contribution in [3.63, 3.8) is 0 Å². The number of carbonyl (C=O) groups excluding carboxylic acids is 1. The van der Waals surface area contributed by atoms with Crippen LogP contribution in [-0.2, 0) is 4.79 Å². The second kappa shape index (κ2) is 5.54. The molecular formula is C17H20N2O2S. The van der Waals surface area contributed by atoms with Crippen molar-refractivity contribution in [2.24, 2.45) is 17.8 Å². The van der Waals surface area contributed by atoms with Gasteiger partial charge in [-0.1, -0.05) is 17.8 Å². The summed E-state index contributed by atoms with van der Waals surface area (Å²) >= 11 is 1.52. The van der Waals surface area contributed by atoms with E-state index in [4.69, 9.17) is 4.74 Å². The number of nitrogens with one attached hydrogen (secondary N) is 1. The van der Waals surface area contributed by atoms with Gasteiger partial charge in [-0.15, -0.1) is 0 Å². The average molecular weight is 316 g/mol. The van der Waals surface area contributed by atoms with Gasteiger partial charge in [0.05, 0.1) is 16.8 Å². The summed E-state index contributed by atoms with van der Waals surface area (Å²) in [5.41, 5.74) is 0.914. The van der Waals surface area contributed by atoms with Crippen molar-refractivity contribution in [1.29, 1.82) is 0 Å². The Morgan fingerprint density at radius 1 is 1.41 bits per heavy atom. The van der Waals surface area contributed by atoms with Crippen LogP contribution in [0.5, 0.6) is 5.75 Å². The minimum absolute atomic E-state index is 0.163. The quantitative estimate of drug-likeness (QED) is 0.925. The van der Waals surface area contributed by atoms with Crippen LogP contribution >= 0.6 is 11.3 Å². The standard InChI is InChI=1S/C17H20N2O2S/c1-2-21-12-5-6-14-15(9-12)22-17(18-14)19-16(20)13-8-10-3-4-11(13)7-10/h5-6,9-11,13H,2-4,7-8H2,1H3,(H,18,19,20). The van der Waals surface area contributed by atoms with Crippen molar-refractivity contribution in [3.8, 4) is 5.75 Å². The lowest BCUT2D eigenvalue weighted by Crippen LogP contribution is -2.27. The molecule has 2 aliphatic rings. The van der Waals surface area contributed by atoms with E-state index in [9.17, 15) is 4.79 Å². The smallest absolute Gasteiger partial charge is 0.229 e. The lowest BCUT2D eigenvalue weighted by atomic mass is 9.88. The Morgan fingerprint density at radius 3 is 3.05 bits per heavy atom. The lowest BCUT2D eigenvalue weighted by molar-refractivity contribution is -0.121. The zero-order chi connectivity index (χ0) is 15.1. The fraction of sp³-hybridized carbons (Fsp3) is 0.529. The van der Waals surface area contributed by atoms with Gasteiger partial charge in [0.15, 0.2) is 5.13 Å². The molecule has 2 aliphatic carbocycles. The van der Waals surface area contributed by atoms with Crippen LogP contribution in [0.3, 0.4) is 0 Å². The molecule has 0 aliphatic heterocycles. The average Bonchev–Trinajstić information content (AvgIpc) is 3.21. The zero-order valence-electron chi connectivity index (χ0n) is 12.7. The monoisotopic (exact) mass is 316 g/mol.